The Morgan fingerprint density at radius 2 is 1.52 bits per heavy atom. The maximum absolute atomic E-state index is 6.41. The first-order chi connectivity index (χ1) is 23.1. The number of benzene rings is 4. The number of ether oxygens (including phenoxy) is 1. The minimum Gasteiger partial charge on any atom is -0.509 e. The van der Waals surface area contributed by atoms with Gasteiger partial charge in [0.25, 0.3) is 0 Å². The molecule has 7 rings (SSSR count). The number of nitrogens with zero attached hydrogens (tertiary/aromatic N) is 4. The Labute approximate surface area is 297 Å². The van der Waals surface area contributed by atoms with Crippen LogP contribution in [0.25, 0.3) is 44.4 Å². The predicted octanol–water partition coefficient (Wildman–Crippen LogP) is 10.6. The van der Waals surface area contributed by atoms with Crippen molar-refractivity contribution in [1.29, 1.82) is 0 Å². The van der Waals surface area contributed by atoms with Gasteiger partial charge < -0.3 is 9.30 Å². The number of aryl methyl sites for hydroxylation is 3. The van der Waals surface area contributed by atoms with Crippen molar-refractivity contribution in [2.45, 2.75) is 66.2 Å². The van der Waals surface area contributed by atoms with Crippen molar-refractivity contribution >= 4 is 21.8 Å². The topological polar surface area (TPSA) is 44.9 Å². The van der Waals surface area contributed by atoms with Crippen LogP contribution in [0.3, 0.4) is 0 Å². The summed E-state index contributed by atoms with van der Waals surface area (Å²) in [5.74, 6) is 2.08. The summed E-state index contributed by atoms with van der Waals surface area (Å²) < 4.78 is 10.5. The summed E-state index contributed by atoms with van der Waals surface area (Å²) in [6.45, 7) is 8.86. The van der Waals surface area contributed by atoms with Crippen LogP contribution in [-0.4, -0.2) is 19.3 Å². The summed E-state index contributed by atoms with van der Waals surface area (Å²) in [5, 5.41) is 7.07. The predicted molar refractivity (Wildman–Crippen MR) is 192 cm³/mol. The van der Waals surface area contributed by atoms with E-state index in [-0.39, 0.29) is 21.1 Å². The molecule has 4 aromatic carbocycles. The quantitative estimate of drug-likeness (QED) is 0.122. The van der Waals surface area contributed by atoms with Gasteiger partial charge in [-0.2, -0.15) is 17.2 Å². The Bertz CT molecular complexity index is 2190. The van der Waals surface area contributed by atoms with Crippen LogP contribution < -0.4 is 4.74 Å². The van der Waals surface area contributed by atoms with Gasteiger partial charge in [0.05, 0.1) is 6.20 Å². The van der Waals surface area contributed by atoms with E-state index in [4.69, 9.17) is 14.8 Å². The Hall–Kier alpha value is -4.47. The third-order valence-electron chi connectivity index (χ3n) is 8.81. The number of pyridine rings is 1. The van der Waals surface area contributed by atoms with Crippen LogP contribution >= 0.6 is 0 Å². The summed E-state index contributed by atoms with van der Waals surface area (Å²) in [7, 11) is 0. The van der Waals surface area contributed by atoms with E-state index in [9.17, 15) is 0 Å². The molecule has 3 heterocycles. The van der Waals surface area contributed by atoms with Crippen molar-refractivity contribution < 1.29 is 25.8 Å². The minimum absolute atomic E-state index is 0. The van der Waals surface area contributed by atoms with Crippen LogP contribution in [-0.2, 0) is 40.3 Å². The van der Waals surface area contributed by atoms with E-state index in [0.717, 1.165) is 83.0 Å². The molecular weight excluding hydrogens is 772 g/mol. The molecule has 5 nitrogen and oxygen atoms in total. The molecule has 0 atom stereocenters. The van der Waals surface area contributed by atoms with Crippen molar-refractivity contribution in [3.05, 3.63) is 132 Å². The molecule has 3 aromatic heterocycles. The number of fused-ring (bicyclic) bond motifs is 3. The first kappa shape index (κ1) is 33.4. The van der Waals surface area contributed by atoms with Gasteiger partial charge in [-0.25, -0.2) is 4.98 Å². The molecule has 0 aliphatic carbocycles. The van der Waals surface area contributed by atoms with Crippen LogP contribution in [0.5, 0.6) is 11.5 Å². The largest absolute Gasteiger partial charge is 2.00 e. The molecule has 0 aliphatic rings. The van der Waals surface area contributed by atoms with Crippen LogP contribution in [0.1, 0.15) is 62.3 Å². The van der Waals surface area contributed by atoms with Crippen LogP contribution in [0.4, 0.5) is 0 Å². The van der Waals surface area contributed by atoms with Gasteiger partial charge in [-0.15, -0.1) is 35.7 Å². The Morgan fingerprint density at radius 1 is 0.750 bits per heavy atom. The van der Waals surface area contributed by atoms with E-state index < -0.39 is 0 Å². The molecule has 0 fully saturated rings. The van der Waals surface area contributed by atoms with Gasteiger partial charge in [0, 0.05) is 35.0 Å². The zero-order valence-corrected chi connectivity index (χ0v) is 30.3. The summed E-state index contributed by atoms with van der Waals surface area (Å²) in [4.78, 5) is 4.70. The van der Waals surface area contributed by atoms with Gasteiger partial charge in [-0.3, -0.25) is 4.68 Å². The van der Waals surface area contributed by atoms with Crippen molar-refractivity contribution in [3.63, 3.8) is 0 Å². The van der Waals surface area contributed by atoms with E-state index in [1.165, 1.54) is 22.3 Å². The van der Waals surface area contributed by atoms with E-state index in [1.807, 2.05) is 47.4 Å². The van der Waals surface area contributed by atoms with E-state index in [1.54, 1.807) is 0 Å². The zero-order valence-electron chi connectivity index (χ0n) is 28.0. The molecule has 244 valence electrons. The molecule has 0 unspecified atom stereocenters. The molecule has 6 heteroatoms. The summed E-state index contributed by atoms with van der Waals surface area (Å²) in [5.41, 5.74) is 10.8. The molecule has 0 amide bonds. The fraction of sp³-hybridized carbons (Fsp3) is 0.238. The van der Waals surface area contributed by atoms with Gasteiger partial charge in [0.2, 0.25) is 0 Å². The molecule has 48 heavy (non-hydrogen) atoms. The summed E-state index contributed by atoms with van der Waals surface area (Å²) in [6, 6.07) is 34.2. The standard InChI is InChI=1S/C42H40N4O.Pt/c1-5-11-30-18-19-31(12-6-2)42(36(30)13-7-3)32-27-44-45(28-32)33-14-10-15-34(25-33)47-35-20-21-38-37-16-8-9-17-39(37)46(40(38)26-35)41-24-29(4)22-23-43-41;/h8-10,14-24,27-28H,5-7,11-13H2,1-4H3;/q-2;+2. The maximum Gasteiger partial charge on any atom is 2.00 e. The van der Waals surface area contributed by atoms with Crippen LogP contribution in [0.15, 0.2) is 97.5 Å². The minimum atomic E-state index is 0. The molecule has 0 radical (unpaired) electrons. The SMILES string of the molecule is CCCc1ccc(CCC)c(-c2cnn(-c3[c-]c(Oc4[c-]c5c(cc4)c4ccccc4n5-c4cc(C)ccn4)ccc3)c2)c1CCC.[Pt+2]. The van der Waals surface area contributed by atoms with Crippen LogP contribution in [0.2, 0.25) is 0 Å². The Kier molecular flexibility index (Phi) is 10.3. The average molecular weight is 812 g/mol. The van der Waals surface area contributed by atoms with Gasteiger partial charge in [-0.05, 0) is 83.3 Å². The van der Waals surface area contributed by atoms with Crippen molar-refractivity contribution in [3.8, 4) is 34.1 Å². The first-order valence-electron chi connectivity index (χ1n) is 16.9. The second-order valence-corrected chi connectivity index (χ2v) is 12.3. The molecule has 0 spiro atoms. The van der Waals surface area contributed by atoms with E-state index in [0.29, 0.717) is 11.5 Å². The van der Waals surface area contributed by atoms with Crippen molar-refractivity contribution in [2.75, 3.05) is 0 Å². The average Bonchev–Trinajstić information content (AvgIpc) is 3.70. The van der Waals surface area contributed by atoms with E-state index in [2.05, 4.69) is 99.1 Å². The van der Waals surface area contributed by atoms with Crippen molar-refractivity contribution in [2.24, 2.45) is 0 Å². The number of hydrogen-bond acceptors (Lipinski definition) is 3. The third-order valence-corrected chi connectivity index (χ3v) is 8.81. The normalized spacial score (nSPS) is 11.2. The number of hydrogen-bond donors (Lipinski definition) is 0. The van der Waals surface area contributed by atoms with Gasteiger partial charge in [0.1, 0.15) is 5.82 Å². The monoisotopic (exact) mass is 811 g/mol. The maximum atomic E-state index is 6.41. The third kappa shape index (κ3) is 6.49. The molecule has 0 aliphatic heterocycles. The number of rotatable bonds is 11. The first-order valence-corrected chi connectivity index (χ1v) is 16.9. The van der Waals surface area contributed by atoms with E-state index >= 15 is 0 Å². The van der Waals surface area contributed by atoms with Gasteiger partial charge in [-0.1, -0.05) is 75.9 Å². The van der Waals surface area contributed by atoms with Crippen molar-refractivity contribution in [1.82, 2.24) is 19.3 Å². The fourth-order valence-corrected chi connectivity index (χ4v) is 6.76. The summed E-state index contributed by atoms with van der Waals surface area (Å²) in [6.07, 6.45) is 12.6. The number of aromatic nitrogens is 4. The number of para-hydroxylation sites is 1. The summed E-state index contributed by atoms with van der Waals surface area (Å²) >= 11 is 0. The molecule has 0 saturated heterocycles. The van der Waals surface area contributed by atoms with Crippen LogP contribution in [0, 0.1) is 19.1 Å². The molecular formula is C42H40N4OPt. The smallest absolute Gasteiger partial charge is 0.509 e. The van der Waals surface area contributed by atoms with Gasteiger partial charge in [0.15, 0.2) is 0 Å². The Morgan fingerprint density at radius 3 is 2.33 bits per heavy atom. The molecule has 7 aromatic rings. The molecule has 0 bridgehead atoms. The van der Waals surface area contributed by atoms with Gasteiger partial charge >= 0.3 is 21.1 Å². The second-order valence-electron chi connectivity index (χ2n) is 12.3. The molecule has 0 N–H and O–H groups in total. The second kappa shape index (κ2) is 14.7. The molecule has 0 saturated carbocycles. The fourth-order valence-electron chi connectivity index (χ4n) is 6.76. The Balaban J connectivity index is 0.00000401. The zero-order chi connectivity index (χ0) is 32.3.